The molecule has 1 aromatic rings. The second-order valence-corrected chi connectivity index (χ2v) is 8.28. The minimum Gasteiger partial charge on any atom is -0.396 e. The molecule has 1 atom stereocenters. The molecule has 150 valence electrons. The fourth-order valence-corrected chi connectivity index (χ4v) is 4.62. The van der Waals surface area contributed by atoms with Gasteiger partial charge in [-0.3, -0.25) is 14.6 Å². The molecule has 1 unspecified atom stereocenters. The van der Waals surface area contributed by atoms with Crippen LogP contribution in [0.2, 0.25) is 0 Å². The quantitative estimate of drug-likeness (QED) is 0.771. The van der Waals surface area contributed by atoms with Crippen LogP contribution in [0.5, 0.6) is 0 Å². The fourth-order valence-electron chi connectivity index (χ4n) is 4.62. The van der Waals surface area contributed by atoms with E-state index in [0.29, 0.717) is 6.04 Å². The zero-order valence-corrected chi connectivity index (χ0v) is 16.7. The van der Waals surface area contributed by atoms with Gasteiger partial charge in [-0.1, -0.05) is 31.4 Å². The molecule has 0 radical (unpaired) electrons. The zero-order chi connectivity index (χ0) is 19.1. The van der Waals surface area contributed by atoms with Gasteiger partial charge in [-0.15, -0.1) is 0 Å². The fraction of sp³-hybridized carbons (Fsp3) is 0.682. The van der Waals surface area contributed by atoms with Crippen LogP contribution in [0.1, 0.15) is 51.0 Å². The number of nitrogens with zero attached hydrogens (tertiary/aromatic N) is 2. The van der Waals surface area contributed by atoms with Gasteiger partial charge in [-0.25, -0.2) is 0 Å². The highest BCUT2D eigenvalue weighted by Crippen LogP contribution is 2.26. The van der Waals surface area contributed by atoms with E-state index in [1.807, 2.05) is 12.1 Å². The maximum absolute atomic E-state index is 11.1. The summed E-state index contributed by atoms with van der Waals surface area (Å²) in [4.78, 5) is 16.3. The largest absolute Gasteiger partial charge is 0.396 e. The standard InChI is InChI=1S/C22H35N3O2/c1-18(27)23-21-9-7-20(8-10-21)15-24-12-13-25(22(17-24)11-14-26)16-19-5-3-2-4-6-19/h7-10,19,22,26H,2-6,11-17H2,1H3,(H,23,27). The van der Waals surface area contributed by atoms with E-state index in [1.54, 1.807) is 0 Å². The molecule has 3 rings (SSSR count). The Hall–Kier alpha value is -1.43. The highest BCUT2D eigenvalue weighted by molar-refractivity contribution is 5.88. The molecule has 0 bridgehead atoms. The van der Waals surface area contributed by atoms with E-state index in [-0.39, 0.29) is 12.5 Å². The molecular formula is C22H35N3O2. The Bertz CT molecular complexity index is 584. The van der Waals surface area contributed by atoms with Crippen LogP contribution in [0, 0.1) is 5.92 Å². The van der Waals surface area contributed by atoms with Gasteiger partial charge in [0.1, 0.15) is 0 Å². The number of benzene rings is 1. The molecule has 1 amide bonds. The summed E-state index contributed by atoms with van der Waals surface area (Å²) in [6.07, 6.45) is 7.82. The molecular weight excluding hydrogens is 338 g/mol. The minimum absolute atomic E-state index is 0.0383. The number of nitrogens with one attached hydrogen (secondary N) is 1. The Morgan fingerprint density at radius 1 is 1.15 bits per heavy atom. The van der Waals surface area contributed by atoms with Crippen molar-refractivity contribution in [2.45, 2.75) is 58.0 Å². The molecule has 0 aromatic heterocycles. The average Bonchev–Trinajstić information content (AvgIpc) is 2.66. The average molecular weight is 374 g/mol. The van der Waals surface area contributed by atoms with Crippen LogP contribution in [0.15, 0.2) is 24.3 Å². The topological polar surface area (TPSA) is 55.8 Å². The molecule has 5 nitrogen and oxygen atoms in total. The summed E-state index contributed by atoms with van der Waals surface area (Å²) in [6, 6.07) is 8.61. The number of aliphatic hydroxyl groups excluding tert-OH is 1. The van der Waals surface area contributed by atoms with Gasteiger partial charge >= 0.3 is 0 Å². The third-order valence-electron chi connectivity index (χ3n) is 6.05. The summed E-state index contributed by atoms with van der Waals surface area (Å²) in [7, 11) is 0. The SMILES string of the molecule is CC(=O)Nc1ccc(CN2CCN(CC3CCCCC3)C(CCO)C2)cc1. The zero-order valence-electron chi connectivity index (χ0n) is 16.7. The second-order valence-electron chi connectivity index (χ2n) is 8.28. The number of aliphatic hydroxyl groups is 1. The number of carbonyl (C=O) groups excluding carboxylic acids is 1. The van der Waals surface area contributed by atoms with E-state index in [1.165, 1.54) is 51.1 Å². The van der Waals surface area contributed by atoms with Crippen LogP contribution in [-0.4, -0.2) is 59.6 Å². The number of rotatable bonds is 7. The van der Waals surface area contributed by atoms with Crippen LogP contribution < -0.4 is 5.32 Å². The highest BCUT2D eigenvalue weighted by atomic mass is 16.3. The molecule has 27 heavy (non-hydrogen) atoms. The Balaban J connectivity index is 1.53. The van der Waals surface area contributed by atoms with E-state index >= 15 is 0 Å². The maximum atomic E-state index is 11.1. The van der Waals surface area contributed by atoms with Crippen molar-refractivity contribution >= 4 is 11.6 Å². The lowest BCUT2D eigenvalue weighted by atomic mass is 9.88. The molecule has 5 heteroatoms. The van der Waals surface area contributed by atoms with Gasteiger partial charge in [-0.05, 0) is 42.9 Å². The smallest absolute Gasteiger partial charge is 0.221 e. The van der Waals surface area contributed by atoms with Gasteiger partial charge in [0.2, 0.25) is 5.91 Å². The number of anilines is 1. The molecule has 2 fully saturated rings. The molecule has 0 spiro atoms. The van der Waals surface area contributed by atoms with Gasteiger partial charge in [0.15, 0.2) is 0 Å². The van der Waals surface area contributed by atoms with Gasteiger partial charge in [0.25, 0.3) is 0 Å². The Morgan fingerprint density at radius 2 is 1.89 bits per heavy atom. The normalized spacial score (nSPS) is 22.7. The van der Waals surface area contributed by atoms with Crippen molar-refractivity contribution in [2.75, 3.05) is 38.1 Å². The van der Waals surface area contributed by atoms with Gasteiger partial charge < -0.3 is 10.4 Å². The minimum atomic E-state index is -0.0383. The molecule has 1 saturated carbocycles. The van der Waals surface area contributed by atoms with Crippen molar-refractivity contribution in [3.8, 4) is 0 Å². The van der Waals surface area contributed by atoms with Crippen LogP contribution >= 0.6 is 0 Å². The van der Waals surface area contributed by atoms with Crippen LogP contribution in [0.25, 0.3) is 0 Å². The van der Waals surface area contributed by atoms with Crippen molar-refractivity contribution in [2.24, 2.45) is 5.92 Å². The van der Waals surface area contributed by atoms with E-state index < -0.39 is 0 Å². The Morgan fingerprint density at radius 3 is 2.56 bits per heavy atom. The third kappa shape index (κ3) is 6.30. The summed E-state index contributed by atoms with van der Waals surface area (Å²) in [5, 5.41) is 12.4. The summed E-state index contributed by atoms with van der Waals surface area (Å²) in [6.45, 7) is 7.16. The van der Waals surface area contributed by atoms with E-state index in [4.69, 9.17) is 0 Å². The predicted octanol–water partition coefficient (Wildman–Crippen LogP) is 3.09. The maximum Gasteiger partial charge on any atom is 0.221 e. The monoisotopic (exact) mass is 373 g/mol. The Kier molecular flexibility index (Phi) is 7.68. The lowest BCUT2D eigenvalue weighted by molar-refractivity contribution is -0.114. The molecule has 1 heterocycles. The number of piperazine rings is 1. The predicted molar refractivity (Wildman–Crippen MR) is 110 cm³/mol. The molecule has 1 saturated heterocycles. The molecule has 1 aromatic carbocycles. The first-order valence-electron chi connectivity index (χ1n) is 10.6. The van der Waals surface area contributed by atoms with Crippen LogP contribution in [-0.2, 0) is 11.3 Å². The third-order valence-corrected chi connectivity index (χ3v) is 6.05. The summed E-state index contributed by atoms with van der Waals surface area (Å²) < 4.78 is 0. The molecule has 1 aliphatic carbocycles. The summed E-state index contributed by atoms with van der Waals surface area (Å²) in [5.74, 6) is 0.816. The van der Waals surface area contributed by atoms with Crippen molar-refractivity contribution in [3.05, 3.63) is 29.8 Å². The van der Waals surface area contributed by atoms with Crippen molar-refractivity contribution < 1.29 is 9.90 Å². The molecule has 1 aliphatic heterocycles. The molecule has 2 aliphatic rings. The van der Waals surface area contributed by atoms with E-state index in [0.717, 1.165) is 44.2 Å². The van der Waals surface area contributed by atoms with Crippen LogP contribution in [0.3, 0.4) is 0 Å². The first-order valence-corrected chi connectivity index (χ1v) is 10.6. The first kappa shape index (κ1) is 20.3. The number of amides is 1. The van der Waals surface area contributed by atoms with Crippen molar-refractivity contribution in [3.63, 3.8) is 0 Å². The summed E-state index contributed by atoms with van der Waals surface area (Å²) in [5.41, 5.74) is 2.12. The van der Waals surface area contributed by atoms with Crippen molar-refractivity contribution in [1.82, 2.24) is 9.80 Å². The van der Waals surface area contributed by atoms with E-state index in [2.05, 4.69) is 27.2 Å². The van der Waals surface area contributed by atoms with E-state index in [9.17, 15) is 9.90 Å². The second kappa shape index (κ2) is 10.2. The Labute approximate surface area is 163 Å². The summed E-state index contributed by atoms with van der Waals surface area (Å²) >= 11 is 0. The first-order chi connectivity index (χ1) is 13.1. The highest BCUT2D eigenvalue weighted by Gasteiger charge is 2.28. The van der Waals surface area contributed by atoms with Crippen molar-refractivity contribution in [1.29, 1.82) is 0 Å². The van der Waals surface area contributed by atoms with Gasteiger partial charge in [0, 0.05) is 58.0 Å². The lowest BCUT2D eigenvalue weighted by Gasteiger charge is -2.43. The number of carbonyl (C=O) groups is 1. The molecule has 2 N–H and O–H groups in total. The van der Waals surface area contributed by atoms with Gasteiger partial charge in [0.05, 0.1) is 0 Å². The van der Waals surface area contributed by atoms with Crippen LogP contribution in [0.4, 0.5) is 5.69 Å². The number of hydrogen-bond donors (Lipinski definition) is 2. The lowest BCUT2D eigenvalue weighted by Crippen LogP contribution is -2.54. The number of hydrogen-bond acceptors (Lipinski definition) is 4. The van der Waals surface area contributed by atoms with Gasteiger partial charge in [-0.2, -0.15) is 0 Å².